The van der Waals surface area contributed by atoms with E-state index in [0.717, 1.165) is 11.8 Å². The minimum Gasteiger partial charge on any atom is -0.326 e. The second-order valence-electron chi connectivity index (χ2n) is 5.81. The van der Waals surface area contributed by atoms with Crippen molar-refractivity contribution in [3.05, 3.63) is 68.8 Å². The van der Waals surface area contributed by atoms with Crippen LogP contribution in [-0.4, -0.2) is 27.6 Å². The minimum absolute atomic E-state index is 0.0660. The Balaban J connectivity index is 1.60. The molecule has 0 bridgehead atoms. The summed E-state index contributed by atoms with van der Waals surface area (Å²) < 4.78 is 13.4. The van der Waals surface area contributed by atoms with E-state index in [9.17, 15) is 14.0 Å². The van der Waals surface area contributed by atoms with Crippen LogP contribution >= 0.6 is 47.2 Å². The molecule has 144 valence electrons. The summed E-state index contributed by atoms with van der Waals surface area (Å²) in [5.74, 6) is -0.908. The maximum absolute atomic E-state index is 13.0. The molecular formula is C19H13Cl2FN2O2S2. The first-order valence-corrected chi connectivity index (χ1v) is 10.1. The molecule has 1 saturated heterocycles. The molecule has 2 aromatic carbocycles. The largest absolute Gasteiger partial charge is 0.326 e. The van der Waals surface area contributed by atoms with E-state index in [1.807, 2.05) is 0 Å². The first-order valence-electron chi connectivity index (χ1n) is 8.09. The van der Waals surface area contributed by atoms with Crippen LogP contribution in [0.25, 0.3) is 6.08 Å². The number of amides is 2. The molecule has 3 rings (SSSR count). The zero-order valence-electron chi connectivity index (χ0n) is 14.2. The van der Waals surface area contributed by atoms with Crippen molar-refractivity contribution < 1.29 is 14.0 Å². The maximum atomic E-state index is 13.0. The van der Waals surface area contributed by atoms with E-state index >= 15 is 0 Å². The number of halogens is 3. The van der Waals surface area contributed by atoms with Gasteiger partial charge in [0.1, 0.15) is 10.1 Å². The normalized spacial score (nSPS) is 15.4. The molecule has 0 unspecified atom stereocenters. The van der Waals surface area contributed by atoms with Gasteiger partial charge in [0.2, 0.25) is 5.91 Å². The van der Waals surface area contributed by atoms with E-state index in [4.69, 9.17) is 35.4 Å². The van der Waals surface area contributed by atoms with Crippen molar-refractivity contribution in [1.82, 2.24) is 4.90 Å². The zero-order valence-corrected chi connectivity index (χ0v) is 17.4. The van der Waals surface area contributed by atoms with Crippen LogP contribution in [0.1, 0.15) is 12.0 Å². The van der Waals surface area contributed by atoms with Crippen molar-refractivity contribution in [2.75, 3.05) is 11.9 Å². The first kappa shape index (κ1) is 20.8. The number of carbonyl (C=O) groups excluding carboxylic acids is 2. The van der Waals surface area contributed by atoms with E-state index in [0.29, 0.717) is 30.5 Å². The van der Waals surface area contributed by atoms with Gasteiger partial charge in [0, 0.05) is 18.7 Å². The van der Waals surface area contributed by atoms with E-state index in [1.54, 1.807) is 36.4 Å². The van der Waals surface area contributed by atoms with Gasteiger partial charge in [-0.25, -0.2) is 4.39 Å². The maximum Gasteiger partial charge on any atom is 0.266 e. The predicted octanol–water partition coefficient (Wildman–Crippen LogP) is 5.36. The lowest BCUT2D eigenvalue weighted by atomic mass is 10.2. The highest BCUT2D eigenvalue weighted by molar-refractivity contribution is 8.26. The van der Waals surface area contributed by atoms with Gasteiger partial charge >= 0.3 is 0 Å². The SMILES string of the molecule is O=C(CCN1C(=O)/C(=C\c2ccc(F)cc2)SC1=S)Nc1ccc(Cl)c(Cl)c1. The number of hydrogen-bond donors (Lipinski definition) is 1. The molecule has 0 atom stereocenters. The van der Waals surface area contributed by atoms with Crippen molar-refractivity contribution in [3.63, 3.8) is 0 Å². The molecule has 2 aromatic rings. The number of anilines is 1. The second kappa shape index (κ2) is 9.05. The Labute approximate surface area is 180 Å². The number of carbonyl (C=O) groups is 2. The van der Waals surface area contributed by atoms with Crippen molar-refractivity contribution in [2.24, 2.45) is 0 Å². The van der Waals surface area contributed by atoms with Crippen LogP contribution in [0.5, 0.6) is 0 Å². The standard InChI is InChI=1S/C19H13Cl2FN2O2S2/c20-14-6-5-13(10-15(14)21)23-17(25)7-8-24-18(26)16(28-19(24)27)9-11-1-3-12(22)4-2-11/h1-6,9-10H,7-8H2,(H,23,25)/b16-9+. The van der Waals surface area contributed by atoms with Gasteiger partial charge in [-0.3, -0.25) is 14.5 Å². The summed E-state index contributed by atoms with van der Waals surface area (Å²) >= 11 is 18.2. The van der Waals surface area contributed by atoms with Gasteiger partial charge in [0.15, 0.2) is 0 Å². The van der Waals surface area contributed by atoms with Crippen LogP contribution < -0.4 is 5.32 Å². The number of thiocarbonyl (C=S) groups is 1. The fourth-order valence-electron chi connectivity index (χ4n) is 2.41. The third-order valence-corrected chi connectivity index (χ3v) is 5.92. The van der Waals surface area contributed by atoms with Crippen molar-refractivity contribution in [2.45, 2.75) is 6.42 Å². The predicted molar refractivity (Wildman–Crippen MR) is 116 cm³/mol. The Morgan fingerprint density at radius 2 is 1.89 bits per heavy atom. The fraction of sp³-hybridized carbons (Fsp3) is 0.105. The van der Waals surface area contributed by atoms with Crippen LogP contribution in [0.15, 0.2) is 47.4 Å². The molecule has 9 heteroatoms. The molecule has 4 nitrogen and oxygen atoms in total. The van der Waals surface area contributed by atoms with E-state index < -0.39 is 0 Å². The third kappa shape index (κ3) is 5.11. The topological polar surface area (TPSA) is 49.4 Å². The summed E-state index contributed by atoms with van der Waals surface area (Å²) in [6.45, 7) is 0.151. The number of nitrogens with one attached hydrogen (secondary N) is 1. The fourth-order valence-corrected chi connectivity index (χ4v) is 4.02. The molecule has 28 heavy (non-hydrogen) atoms. The number of rotatable bonds is 5. The molecule has 1 heterocycles. The van der Waals surface area contributed by atoms with Gasteiger partial charge in [-0.15, -0.1) is 0 Å². The number of thioether (sulfide) groups is 1. The Morgan fingerprint density at radius 3 is 2.57 bits per heavy atom. The van der Waals surface area contributed by atoms with Crippen LogP contribution in [0.4, 0.5) is 10.1 Å². The molecule has 0 spiro atoms. The quantitative estimate of drug-likeness (QED) is 0.487. The molecule has 2 amide bonds. The number of benzene rings is 2. The smallest absolute Gasteiger partial charge is 0.266 e. The van der Waals surface area contributed by atoms with Crippen LogP contribution in [-0.2, 0) is 9.59 Å². The van der Waals surface area contributed by atoms with Crippen molar-refractivity contribution in [3.8, 4) is 0 Å². The average molecular weight is 455 g/mol. The molecule has 1 fully saturated rings. The Bertz CT molecular complexity index is 980. The van der Waals surface area contributed by atoms with Gasteiger partial charge in [0.05, 0.1) is 15.0 Å². The molecule has 1 aliphatic rings. The van der Waals surface area contributed by atoms with Gasteiger partial charge < -0.3 is 5.32 Å². The summed E-state index contributed by atoms with van der Waals surface area (Å²) in [7, 11) is 0. The zero-order chi connectivity index (χ0) is 20.3. The third-order valence-electron chi connectivity index (χ3n) is 3.81. The minimum atomic E-state index is -0.349. The number of hydrogen-bond acceptors (Lipinski definition) is 4. The molecule has 1 N–H and O–H groups in total. The van der Waals surface area contributed by atoms with Crippen molar-refractivity contribution >= 4 is 75.1 Å². The monoisotopic (exact) mass is 454 g/mol. The van der Waals surface area contributed by atoms with E-state index in [-0.39, 0.29) is 30.6 Å². The Morgan fingerprint density at radius 1 is 1.18 bits per heavy atom. The Kier molecular flexibility index (Phi) is 6.72. The summed E-state index contributed by atoms with van der Waals surface area (Å²) in [4.78, 5) is 26.5. The first-order chi connectivity index (χ1) is 13.3. The summed E-state index contributed by atoms with van der Waals surface area (Å²) in [6.07, 6.45) is 1.71. The molecule has 0 radical (unpaired) electrons. The van der Waals surface area contributed by atoms with Gasteiger partial charge in [-0.1, -0.05) is 59.3 Å². The highest BCUT2D eigenvalue weighted by Crippen LogP contribution is 2.32. The lowest BCUT2D eigenvalue weighted by Crippen LogP contribution is -2.31. The van der Waals surface area contributed by atoms with E-state index in [2.05, 4.69) is 5.32 Å². The molecule has 1 aliphatic heterocycles. The van der Waals surface area contributed by atoms with E-state index in [1.165, 1.54) is 17.0 Å². The van der Waals surface area contributed by atoms with Crippen molar-refractivity contribution in [1.29, 1.82) is 0 Å². The summed E-state index contributed by atoms with van der Waals surface area (Å²) in [5, 5.41) is 3.43. The molecular weight excluding hydrogens is 442 g/mol. The molecule has 0 aromatic heterocycles. The van der Waals surface area contributed by atoms with Gasteiger partial charge in [-0.2, -0.15) is 0 Å². The lowest BCUT2D eigenvalue weighted by molar-refractivity contribution is -0.122. The Hall–Kier alpha value is -1.93. The highest BCUT2D eigenvalue weighted by Gasteiger charge is 2.32. The van der Waals surface area contributed by atoms with Gasteiger partial charge in [0.25, 0.3) is 5.91 Å². The van der Waals surface area contributed by atoms with Gasteiger partial charge in [-0.05, 0) is 42.0 Å². The lowest BCUT2D eigenvalue weighted by Gasteiger charge is -2.14. The summed E-state index contributed by atoms with van der Waals surface area (Å²) in [6, 6.07) is 10.6. The molecule has 0 saturated carbocycles. The average Bonchev–Trinajstić information content (AvgIpc) is 2.91. The van der Waals surface area contributed by atoms with Crippen LogP contribution in [0, 0.1) is 5.82 Å². The summed E-state index contributed by atoms with van der Waals surface area (Å²) in [5.41, 5.74) is 1.21. The van der Waals surface area contributed by atoms with Crippen LogP contribution in [0.2, 0.25) is 10.0 Å². The number of nitrogens with zero attached hydrogens (tertiary/aromatic N) is 1. The highest BCUT2D eigenvalue weighted by atomic mass is 35.5. The van der Waals surface area contributed by atoms with Crippen LogP contribution in [0.3, 0.4) is 0 Å². The molecule has 0 aliphatic carbocycles. The second-order valence-corrected chi connectivity index (χ2v) is 8.30.